The van der Waals surface area contributed by atoms with E-state index < -0.39 is 0 Å². The first-order valence-electron chi connectivity index (χ1n) is 7.25. The van der Waals surface area contributed by atoms with Crippen LogP contribution < -0.4 is 10.9 Å². The van der Waals surface area contributed by atoms with E-state index in [0.29, 0.717) is 5.56 Å². The lowest BCUT2D eigenvalue weighted by molar-refractivity contribution is -0.126. The first kappa shape index (κ1) is 16.2. The van der Waals surface area contributed by atoms with Crippen molar-refractivity contribution >= 4 is 11.8 Å². The van der Waals surface area contributed by atoms with Gasteiger partial charge in [-0.05, 0) is 31.4 Å². The maximum absolute atomic E-state index is 12.0. The van der Waals surface area contributed by atoms with Crippen molar-refractivity contribution in [3.8, 4) is 0 Å². The summed E-state index contributed by atoms with van der Waals surface area (Å²) in [5, 5.41) is 0. The normalized spacial score (nSPS) is 11.8. The Bertz CT molecular complexity index is 458. The summed E-state index contributed by atoms with van der Waals surface area (Å²) in [6, 6.07) is 7.29. The van der Waals surface area contributed by atoms with Crippen LogP contribution in [-0.2, 0) is 4.79 Å². The van der Waals surface area contributed by atoms with Gasteiger partial charge in [-0.2, -0.15) is 0 Å². The summed E-state index contributed by atoms with van der Waals surface area (Å²) in [6.45, 7) is 5.96. The lowest BCUT2D eigenvalue weighted by atomic mass is 9.99. The second kappa shape index (κ2) is 8.35. The van der Waals surface area contributed by atoms with Crippen LogP contribution >= 0.6 is 0 Å². The monoisotopic (exact) mass is 276 g/mol. The fraction of sp³-hybridized carbons (Fsp3) is 0.500. The molecule has 0 saturated carbocycles. The molecule has 2 N–H and O–H groups in total. The van der Waals surface area contributed by atoms with E-state index in [1.54, 1.807) is 12.1 Å². The van der Waals surface area contributed by atoms with Crippen molar-refractivity contribution in [3.63, 3.8) is 0 Å². The van der Waals surface area contributed by atoms with Crippen molar-refractivity contribution in [2.45, 2.75) is 46.5 Å². The molecule has 0 aliphatic carbocycles. The van der Waals surface area contributed by atoms with Crippen LogP contribution in [0.1, 0.15) is 55.5 Å². The van der Waals surface area contributed by atoms with E-state index in [9.17, 15) is 9.59 Å². The third-order valence-corrected chi connectivity index (χ3v) is 3.46. The zero-order valence-corrected chi connectivity index (χ0v) is 12.5. The maximum Gasteiger partial charge on any atom is 0.269 e. The Morgan fingerprint density at radius 2 is 1.85 bits per heavy atom. The molecule has 4 heteroatoms. The molecule has 1 aromatic rings. The van der Waals surface area contributed by atoms with E-state index in [0.717, 1.165) is 31.2 Å². The number of unbranched alkanes of at least 4 members (excludes halogenated alkanes) is 1. The number of nitrogens with one attached hydrogen (secondary N) is 2. The van der Waals surface area contributed by atoms with Gasteiger partial charge in [-0.1, -0.05) is 44.9 Å². The molecule has 0 fully saturated rings. The quantitative estimate of drug-likeness (QED) is 0.785. The Kier molecular flexibility index (Phi) is 6.77. The average molecular weight is 276 g/mol. The summed E-state index contributed by atoms with van der Waals surface area (Å²) < 4.78 is 0. The minimum absolute atomic E-state index is 0.0351. The van der Waals surface area contributed by atoms with Crippen LogP contribution in [0.4, 0.5) is 0 Å². The van der Waals surface area contributed by atoms with Gasteiger partial charge in [0, 0.05) is 11.5 Å². The van der Waals surface area contributed by atoms with Gasteiger partial charge in [-0.25, -0.2) is 0 Å². The van der Waals surface area contributed by atoms with Gasteiger partial charge in [0.2, 0.25) is 5.91 Å². The Hall–Kier alpha value is -1.84. The van der Waals surface area contributed by atoms with Gasteiger partial charge in [0.1, 0.15) is 0 Å². The zero-order chi connectivity index (χ0) is 15.0. The van der Waals surface area contributed by atoms with Crippen LogP contribution in [0, 0.1) is 12.8 Å². The largest absolute Gasteiger partial charge is 0.273 e. The van der Waals surface area contributed by atoms with Crippen LogP contribution in [0.25, 0.3) is 0 Å². The van der Waals surface area contributed by atoms with Crippen molar-refractivity contribution in [2.75, 3.05) is 0 Å². The average Bonchev–Trinajstić information content (AvgIpc) is 2.46. The minimum Gasteiger partial charge on any atom is -0.273 e. The first-order chi connectivity index (χ1) is 9.60. The molecule has 0 aliphatic heterocycles. The summed E-state index contributed by atoms with van der Waals surface area (Å²) in [6.07, 6.45) is 3.74. The number of aryl methyl sites for hydroxylation is 1. The summed E-state index contributed by atoms with van der Waals surface area (Å²) in [5.41, 5.74) is 6.49. The van der Waals surface area contributed by atoms with Crippen molar-refractivity contribution < 1.29 is 9.59 Å². The summed E-state index contributed by atoms with van der Waals surface area (Å²) in [5.74, 6) is -0.420. The molecule has 0 spiro atoms. The van der Waals surface area contributed by atoms with Crippen LogP contribution in [0.5, 0.6) is 0 Å². The molecular formula is C16H24N2O2. The van der Waals surface area contributed by atoms with Crippen LogP contribution in [0.3, 0.4) is 0 Å². The van der Waals surface area contributed by atoms with E-state index in [-0.39, 0.29) is 17.7 Å². The zero-order valence-electron chi connectivity index (χ0n) is 12.5. The van der Waals surface area contributed by atoms with Crippen molar-refractivity contribution in [1.29, 1.82) is 0 Å². The highest BCUT2D eigenvalue weighted by Crippen LogP contribution is 2.12. The fourth-order valence-electron chi connectivity index (χ4n) is 2.09. The second-order valence-electron chi connectivity index (χ2n) is 5.01. The molecule has 1 rings (SSSR count). The van der Waals surface area contributed by atoms with Gasteiger partial charge in [0.25, 0.3) is 5.91 Å². The molecule has 0 radical (unpaired) electrons. The molecule has 2 amide bonds. The van der Waals surface area contributed by atoms with Crippen molar-refractivity contribution in [1.82, 2.24) is 10.9 Å². The lowest BCUT2D eigenvalue weighted by Gasteiger charge is -2.15. The van der Waals surface area contributed by atoms with E-state index >= 15 is 0 Å². The molecule has 110 valence electrons. The molecule has 0 saturated heterocycles. The van der Waals surface area contributed by atoms with Gasteiger partial charge >= 0.3 is 0 Å². The third kappa shape index (κ3) is 4.68. The highest BCUT2D eigenvalue weighted by atomic mass is 16.2. The van der Waals surface area contributed by atoms with E-state index in [1.165, 1.54) is 0 Å². The number of benzene rings is 1. The number of amides is 2. The van der Waals surface area contributed by atoms with Crippen LogP contribution in [0.2, 0.25) is 0 Å². The molecule has 0 bridgehead atoms. The number of hydrogen-bond donors (Lipinski definition) is 2. The topological polar surface area (TPSA) is 58.2 Å². The fourth-order valence-corrected chi connectivity index (χ4v) is 2.09. The molecule has 0 aromatic heterocycles. The third-order valence-electron chi connectivity index (χ3n) is 3.46. The van der Waals surface area contributed by atoms with Gasteiger partial charge in [-0.3, -0.25) is 20.4 Å². The SMILES string of the molecule is CCCCC(CC)C(=O)NNC(=O)c1ccccc1C. The van der Waals surface area contributed by atoms with Crippen LogP contribution in [-0.4, -0.2) is 11.8 Å². The van der Waals surface area contributed by atoms with E-state index in [1.807, 2.05) is 26.0 Å². The Balaban J connectivity index is 2.52. The molecule has 0 heterocycles. The van der Waals surface area contributed by atoms with Gasteiger partial charge in [0.05, 0.1) is 0 Å². The number of rotatable bonds is 6. The number of hydrogen-bond acceptors (Lipinski definition) is 2. The van der Waals surface area contributed by atoms with Crippen LogP contribution in [0.15, 0.2) is 24.3 Å². The van der Waals surface area contributed by atoms with E-state index in [4.69, 9.17) is 0 Å². The summed E-state index contributed by atoms with van der Waals surface area (Å²) >= 11 is 0. The molecule has 1 unspecified atom stereocenters. The highest BCUT2D eigenvalue weighted by Gasteiger charge is 2.16. The molecule has 4 nitrogen and oxygen atoms in total. The number of hydrazine groups is 1. The summed E-state index contributed by atoms with van der Waals surface area (Å²) in [4.78, 5) is 23.9. The van der Waals surface area contributed by atoms with Crippen molar-refractivity contribution in [2.24, 2.45) is 5.92 Å². The first-order valence-corrected chi connectivity index (χ1v) is 7.25. The van der Waals surface area contributed by atoms with Gasteiger partial charge < -0.3 is 0 Å². The number of carbonyl (C=O) groups excluding carboxylic acids is 2. The Morgan fingerprint density at radius 1 is 1.15 bits per heavy atom. The number of carbonyl (C=O) groups is 2. The smallest absolute Gasteiger partial charge is 0.269 e. The molecular weight excluding hydrogens is 252 g/mol. The summed E-state index contributed by atoms with van der Waals surface area (Å²) in [7, 11) is 0. The molecule has 1 aromatic carbocycles. The molecule has 0 aliphatic rings. The lowest BCUT2D eigenvalue weighted by Crippen LogP contribution is -2.44. The minimum atomic E-state index is -0.276. The highest BCUT2D eigenvalue weighted by molar-refractivity contribution is 5.96. The van der Waals surface area contributed by atoms with Gasteiger partial charge in [-0.15, -0.1) is 0 Å². The molecule has 1 atom stereocenters. The van der Waals surface area contributed by atoms with E-state index in [2.05, 4.69) is 17.8 Å². The predicted octanol–water partition coefficient (Wildman–Crippen LogP) is 2.97. The predicted molar refractivity (Wildman–Crippen MR) is 80.1 cm³/mol. The standard InChI is InChI=1S/C16H24N2O2/c1-4-6-10-13(5-2)15(19)17-18-16(20)14-11-8-7-9-12(14)3/h7-9,11,13H,4-6,10H2,1-3H3,(H,17,19)(H,18,20). The second-order valence-corrected chi connectivity index (χ2v) is 5.01. The molecule has 20 heavy (non-hydrogen) atoms. The maximum atomic E-state index is 12.0. The van der Waals surface area contributed by atoms with Gasteiger partial charge in [0.15, 0.2) is 0 Å². The Morgan fingerprint density at radius 3 is 2.45 bits per heavy atom. The van der Waals surface area contributed by atoms with Crippen molar-refractivity contribution in [3.05, 3.63) is 35.4 Å². The Labute approximate surface area is 120 Å².